The Labute approximate surface area is 81.9 Å². The van der Waals surface area contributed by atoms with Gasteiger partial charge >= 0.3 is 0 Å². The zero-order valence-electron chi connectivity index (χ0n) is 7.36. The first-order valence-corrected chi connectivity index (χ1v) is 4.30. The number of rotatable bonds is 5. The highest BCUT2D eigenvalue weighted by atomic mass is 35.5. The summed E-state index contributed by atoms with van der Waals surface area (Å²) >= 11 is 5.71. The molecule has 0 aliphatic rings. The lowest BCUT2D eigenvalue weighted by Crippen LogP contribution is -2.03. The van der Waals surface area contributed by atoms with Gasteiger partial charge in [-0.05, 0) is 0 Å². The fourth-order valence-corrected chi connectivity index (χ4v) is 0.937. The van der Waals surface area contributed by atoms with Crippen molar-refractivity contribution in [3.63, 3.8) is 0 Å². The van der Waals surface area contributed by atoms with Gasteiger partial charge in [0.1, 0.15) is 0 Å². The van der Waals surface area contributed by atoms with E-state index < -0.39 is 0 Å². The Balaban J connectivity index is 2.32. The van der Waals surface area contributed by atoms with Crippen LogP contribution in [0.2, 0.25) is 5.15 Å². The fraction of sp³-hybridized carbons (Fsp3) is 0.500. The summed E-state index contributed by atoms with van der Waals surface area (Å²) in [5.74, 6) is 0.375. The molecule has 0 spiro atoms. The highest BCUT2D eigenvalue weighted by Gasteiger charge is 2.01. The molecule has 5 heteroatoms. The first-order valence-electron chi connectivity index (χ1n) is 3.93. The summed E-state index contributed by atoms with van der Waals surface area (Å²) in [6, 6.07) is 0. The van der Waals surface area contributed by atoms with Crippen molar-refractivity contribution in [3.8, 4) is 5.88 Å². The number of ether oxygens (including phenoxy) is 2. The first-order chi connectivity index (χ1) is 6.34. The van der Waals surface area contributed by atoms with E-state index in [2.05, 4.69) is 9.97 Å². The van der Waals surface area contributed by atoms with Crippen LogP contribution in [-0.2, 0) is 4.74 Å². The van der Waals surface area contributed by atoms with Crippen molar-refractivity contribution in [1.82, 2.24) is 9.97 Å². The van der Waals surface area contributed by atoms with Crippen LogP contribution >= 0.6 is 11.6 Å². The standard InChI is InChI=1S/C8H11ClN2O2/c1-12-5-2-6-13-8-7(9)10-3-4-11-8/h3-4H,2,5-6H2,1H3. The molecule has 0 fully saturated rings. The molecule has 1 heterocycles. The van der Waals surface area contributed by atoms with Gasteiger partial charge in [-0.2, -0.15) is 0 Å². The second kappa shape index (κ2) is 5.72. The Morgan fingerprint density at radius 1 is 1.31 bits per heavy atom. The maximum atomic E-state index is 5.71. The predicted molar refractivity (Wildman–Crippen MR) is 49.0 cm³/mol. The second-order valence-corrected chi connectivity index (χ2v) is 2.71. The van der Waals surface area contributed by atoms with Gasteiger partial charge in [-0.3, -0.25) is 0 Å². The highest BCUT2D eigenvalue weighted by molar-refractivity contribution is 6.30. The van der Waals surface area contributed by atoms with E-state index in [-0.39, 0.29) is 0 Å². The largest absolute Gasteiger partial charge is 0.475 e. The van der Waals surface area contributed by atoms with Gasteiger partial charge in [0.05, 0.1) is 6.61 Å². The summed E-state index contributed by atoms with van der Waals surface area (Å²) in [5.41, 5.74) is 0. The third kappa shape index (κ3) is 3.57. The van der Waals surface area contributed by atoms with Crippen LogP contribution in [0.4, 0.5) is 0 Å². The fourth-order valence-electron chi connectivity index (χ4n) is 0.777. The molecule has 13 heavy (non-hydrogen) atoms. The number of nitrogens with zero attached hydrogens (tertiary/aromatic N) is 2. The van der Waals surface area contributed by atoms with E-state index in [9.17, 15) is 0 Å². The summed E-state index contributed by atoms with van der Waals surface area (Å²) in [7, 11) is 1.65. The van der Waals surface area contributed by atoms with Crippen molar-refractivity contribution in [2.24, 2.45) is 0 Å². The minimum Gasteiger partial charge on any atom is -0.475 e. The minimum absolute atomic E-state index is 0.292. The van der Waals surface area contributed by atoms with Crippen molar-refractivity contribution in [1.29, 1.82) is 0 Å². The van der Waals surface area contributed by atoms with Crippen LogP contribution in [0.3, 0.4) is 0 Å². The van der Waals surface area contributed by atoms with Crippen LogP contribution in [0.5, 0.6) is 5.88 Å². The molecule has 0 aliphatic carbocycles. The van der Waals surface area contributed by atoms with Crippen LogP contribution in [0.1, 0.15) is 6.42 Å². The summed E-state index contributed by atoms with van der Waals surface area (Å²) in [6.07, 6.45) is 3.87. The van der Waals surface area contributed by atoms with E-state index >= 15 is 0 Å². The van der Waals surface area contributed by atoms with E-state index in [1.165, 1.54) is 12.4 Å². The van der Waals surface area contributed by atoms with Crippen LogP contribution in [0.15, 0.2) is 12.4 Å². The Morgan fingerprint density at radius 3 is 2.77 bits per heavy atom. The molecule has 0 atom stereocenters. The molecule has 4 nitrogen and oxygen atoms in total. The third-order valence-corrected chi connectivity index (χ3v) is 1.61. The number of methoxy groups -OCH3 is 1. The molecule has 0 unspecified atom stereocenters. The average Bonchev–Trinajstić information content (AvgIpc) is 2.15. The molecule has 0 bridgehead atoms. The van der Waals surface area contributed by atoms with Gasteiger partial charge in [0.2, 0.25) is 0 Å². The molecular weight excluding hydrogens is 192 g/mol. The molecule has 0 radical (unpaired) electrons. The Hall–Kier alpha value is -0.870. The van der Waals surface area contributed by atoms with Crippen LogP contribution in [0, 0.1) is 0 Å². The average molecular weight is 203 g/mol. The van der Waals surface area contributed by atoms with Gasteiger partial charge in [0.25, 0.3) is 5.88 Å². The lowest BCUT2D eigenvalue weighted by molar-refractivity contribution is 0.170. The lowest BCUT2D eigenvalue weighted by Gasteiger charge is -2.04. The number of hydrogen-bond donors (Lipinski definition) is 0. The van der Waals surface area contributed by atoms with Gasteiger partial charge in [0.15, 0.2) is 5.15 Å². The predicted octanol–water partition coefficient (Wildman–Crippen LogP) is 1.55. The quantitative estimate of drug-likeness (QED) is 0.680. The van der Waals surface area contributed by atoms with E-state index in [1.54, 1.807) is 7.11 Å². The molecular formula is C8H11ClN2O2. The third-order valence-electron chi connectivity index (χ3n) is 1.35. The Kier molecular flexibility index (Phi) is 4.49. The van der Waals surface area contributed by atoms with Crippen molar-refractivity contribution < 1.29 is 9.47 Å². The van der Waals surface area contributed by atoms with Gasteiger partial charge in [-0.1, -0.05) is 11.6 Å². The first kappa shape index (κ1) is 10.2. The van der Waals surface area contributed by atoms with Gasteiger partial charge < -0.3 is 9.47 Å². The van der Waals surface area contributed by atoms with Crippen molar-refractivity contribution in [2.75, 3.05) is 20.3 Å². The summed E-state index contributed by atoms with van der Waals surface area (Å²) in [4.78, 5) is 7.74. The summed E-state index contributed by atoms with van der Waals surface area (Å²) in [6.45, 7) is 1.20. The molecule has 0 saturated carbocycles. The lowest BCUT2D eigenvalue weighted by atomic mass is 10.5. The van der Waals surface area contributed by atoms with Gasteiger partial charge in [-0.15, -0.1) is 0 Å². The molecule has 1 aromatic rings. The van der Waals surface area contributed by atoms with Gasteiger partial charge in [0, 0.05) is 32.5 Å². The Bertz CT molecular complexity index is 258. The van der Waals surface area contributed by atoms with E-state index in [1.807, 2.05) is 0 Å². The van der Waals surface area contributed by atoms with Crippen molar-refractivity contribution in [2.45, 2.75) is 6.42 Å². The monoisotopic (exact) mass is 202 g/mol. The summed E-state index contributed by atoms with van der Waals surface area (Å²) in [5, 5.41) is 0.292. The van der Waals surface area contributed by atoms with Crippen LogP contribution in [-0.4, -0.2) is 30.3 Å². The zero-order chi connectivity index (χ0) is 9.52. The normalized spacial score (nSPS) is 10.0. The molecule has 72 valence electrons. The molecule has 0 aromatic carbocycles. The molecule has 0 saturated heterocycles. The molecule has 1 rings (SSSR count). The second-order valence-electron chi connectivity index (χ2n) is 2.35. The van der Waals surface area contributed by atoms with E-state index in [0.29, 0.717) is 24.2 Å². The molecule has 0 N–H and O–H groups in total. The SMILES string of the molecule is COCCCOc1nccnc1Cl. The molecule has 0 amide bonds. The number of halogens is 1. The number of aromatic nitrogens is 2. The number of hydrogen-bond acceptors (Lipinski definition) is 4. The van der Waals surface area contributed by atoms with Crippen molar-refractivity contribution >= 4 is 11.6 Å². The zero-order valence-corrected chi connectivity index (χ0v) is 8.12. The van der Waals surface area contributed by atoms with Crippen LogP contribution < -0.4 is 4.74 Å². The molecule has 0 aliphatic heterocycles. The maximum absolute atomic E-state index is 5.71. The molecule has 1 aromatic heterocycles. The minimum atomic E-state index is 0.292. The van der Waals surface area contributed by atoms with E-state index in [0.717, 1.165) is 6.42 Å². The maximum Gasteiger partial charge on any atom is 0.252 e. The topological polar surface area (TPSA) is 44.2 Å². The van der Waals surface area contributed by atoms with Gasteiger partial charge in [-0.25, -0.2) is 9.97 Å². The smallest absolute Gasteiger partial charge is 0.252 e. The highest BCUT2D eigenvalue weighted by Crippen LogP contribution is 2.16. The van der Waals surface area contributed by atoms with Crippen molar-refractivity contribution in [3.05, 3.63) is 17.5 Å². The summed E-state index contributed by atoms with van der Waals surface area (Å²) < 4.78 is 10.1. The Morgan fingerprint density at radius 2 is 2.08 bits per heavy atom. The van der Waals surface area contributed by atoms with Crippen LogP contribution in [0.25, 0.3) is 0 Å². The van der Waals surface area contributed by atoms with E-state index in [4.69, 9.17) is 21.1 Å².